The van der Waals surface area contributed by atoms with E-state index in [1.165, 1.54) is 17.4 Å². The van der Waals surface area contributed by atoms with Crippen molar-refractivity contribution in [2.24, 2.45) is 0 Å². The summed E-state index contributed by atoms with van der Waals surface area (Å²) in [4.78, 5) is 26.8. The summed E-state index contributed by atoms with van der Waals surface area (Å²) in [5, 5.41) is 13.9. The SMILES string of the molecule is O=C(O)CCCNC(=O)Nc1ncc(Cc2ccc(F)c(F)c2)s1. The number of halogens is 2. The minimum absolute atomic E-state index is 0.0179. The molecule has 24 heavy (non-hydrogen) atoms. The highest BCUT2D eigenvalue weighted by atomic mass is 32.1. The summed E-state index contributed by atoms with van der Waals surface area (Å²) in [7, 11) is 0. The smallest absolute Gasteiger partial charge is 0.321 e. The highest BCUT2D eigenvalue weighted by Crippen LogP contribution is 2.21. The van der Waals surface area contributed by atoms with Crippen molar-refractivity contribution in [2.75, 3.05) is 11.9 Å². The Hall–Kier alpha value is -2.55. The Morgan fingerprint density at radius 1 is 1.25 bits per heavy atom. The van der Waals surface area contributed by atoms with Gasteiger partial charge in [-0.25, -0.2) is 18.6 Å². The van der Waals surface area contributed by atoms with Gasteiger partial charge in [0.15, 0.2) is 16.8 Å². The Labute approximate surface area is 140 Å². The first-order chi connectivity index (χ1) is 11.4. The Morgan fingerprint density at radius 2 is 2.04 bits per heavy atom. The third-order valence-corrected chi connectivity index (χ3v) is 3.90. The number of amides is 2. The molecule has 0 saturated heterocycles. The van der Waals surface area contributed by atoms with Gasteiger partial charge in [0.1, 0.15) is 0 Å². The monoisotopic (exact) mass is 355 g/mol. The molecule has 0 radical (unpaired) electrons. The van der Waals surface area contributed by atoms with Gasteiger partial charge in [0.25, 0.3) is 0 Å². The van der Waals surface area contributed by atoms with E-state index < -0.39 is 23.6 Å². The summed E-state index contributed by atoms with van der Waals surface area (Å²) in [5.41, 5.74) is 0.599. The lowest BCUT2D eigenvalue weighted by Gasteiger charge is -2.03. The van der Waals surface area contributed by atoms with E-state index >= 15 is 0 Å². The standard InChI is InChI=1S/C15H15F2N3O3S/c16-11-4-3-9(7-12(11)17)6-10-8-19-15(24-10)20-14(23)18-5-1-2-13(21)22/h3-4,7-8H,1-2,5-6H2,(H,21,22)(H2,18,19,20,23). The van der Waals surface area contributed by atoms with Gasteiger partial charge in [-0.15, -0.1) is 11.3 Å². The molecule has 128 valence electrons. The number of nitrogens with one attached hydrogen (secondary N) is 2. The molecule has 1 aromatic carbocycles. The van der Waals surface area contributed by atoms with Crippen LogP contribution in [0.2, 0.25) is 0 Å². The largest absolute Gasteiger partial charge is 0.481 e. The van der Waals surface area contributed by atoms with Crippen LogP contribution < -0.4 is 10.6 Å². The zero-order valence-corrected chi connectivity index (χ0v) is 13.3. The molecule has 1 aromatic heterocycles. The van der Waals surface area contributed by atoms with E-state index in [9.17, 15) is 18.4 Å². The molecular formula is C15H15F2N3O3S. The average molecular weight is 355 g/mol. The van der Waals surface area contributed by atoms with Gasteiger partial charge >= 0.3 is 12.0 Å². The van der Waals surface area contributed by atoms with Crippen LogP contribution in [0, 0.1) is 11.6 Å². The number of aromatic nitrogens is 1. The molecule has 2 aromatic rings. The van der Waals surface area contributed by atoms with Gasteiger partial charge in [0, 0.05) is 30.5 Å². The number of benzene rings is 1. The second kappa shape index (κ2) is 8.34. The van der Waals surface area contributed by atoms with E-state index in [2.05, 4.69) is 15.6 Å². The normalized spacial score (nSPS) is 10.4. The lowest BCUT2D eigenvalue weighted by molar-refractivity contribution is -0.137. The lowest BCUT2D eigenvalue weighted by Crippen LogP contribution is -2.29. The van der Waals surface area contributed by atoms with Crippen LogP contribution in [0.4, 0.5) is 18.7 Å². The number of carboxylic acid groups (broad SMARTS) is 1. The molecule has 1 heterocycles. The van der Waals surface area contributed by atoms with Crippen molar-refractivity contribution in [3.05, 3.63) is 46.5 Å². The molecule has 9 heteroatoms. The molecule has 2 rings (SSSR count). The van der Waals surface area contributed by atoms with Crippen LogP contribution >= 0.6 is 11.3 Å². The summed E-state index contributed by atoms with van der Waals surface area (Å²) < 4.78 is 26.1. The quantitative estimate of drug-likeness (QED) is 0.666. The van der Waals surface area contributed by atoms with Crippen LogP contribution in [0.1, 0.15) is 23.3 Å². The van der Waals surface area contributed by atoms with Crippen LogP contribution in [0.25, 0.3) is 0 Å². The first kappa shape index (κ1) is 17.8. The predicted octanol–water partition coefficient (Wildman–Crippen LogP) is 3.00. The van der Waals surface area contributed by atoms with E-state index in [1.807, 2.05) is 0 Å². The van der Waals surface area contributed by atoms with Crippen LogP contribution in [-0.2, 0) is 11.2 Å². The maximum atomic E-state index is 13.2. The average Bonchev–Trinajstić information content (AvgIpc) is 2.94. The third kappa shape index (κ3) is 5.58. The van der Waals surface area contributed by atoms with E-state index in [0.717, 1.165) is 17.0 Å². The number of carbonyl (C=O) groups is 2. The number of hydrogen-bond donors (Lipinski definition) is 3. The second-order valence-electron chi connectivity index (χ2n) is 4.94. The molecule has 0 bridgehead atoms. The predicted molar refractivity (Wildman–Crippen MR) is 85.2 cm³/mol. The van der Waals surface area contributed by atoms with Gasteiger partial charge in [-0.1, -0.05) is 6.07 Å². The van der Waals surface area contributed by atoms with Crippen LogP contribution in [0.3, 0.4) is 0 Å². The topological polar surface area (TPSA) is 91.3 Å². The summed E-state index contributed by atoms with van der Waals surface area (Å²) in [6.07, 6.45) is 2.24. The highest BCUT2D eigenvalue weighted by Gasteiger charge is 2.09. The number of rotatable bonds is 7. The molecule has 0 atom stereocenters. The fourth-order valence-corrected chi connectivity index (χ4v) is 2.72. The molecule has 0 spiro atoms. The molecule has 0 aliphatic carbocycles. The van der Waals surface area contributed by atoms with Gasteiger partial charge in [0.2, 0.25) is 0 Å². The Balaban J connectivity index is 1.83. The van der Waals surface area contributed by atoms with Gasteiger partial charge < -0.3 is 10.4 Å². The third-order valence-electron chi connectivity index (χ3n) is 2.99. The minimum Gasteiger partial charge on any atom is -0.481 e. The summed E-state index contributed by atoms with van der Waals surface area (Å²) in [5.74, 6) is -2.72. The van der Waals surface area contributed by atoms with E-state index in [0.29, 0.717) is 23.5 Å². The maximum absolute atomic E-state index is 13.2. The number of urea groups is 1. The Morgan fingerprint density at radius 3 is 2.75 bits per heavy atom. The van der Waals surface area contributed by atoms with Crippen molar-refractivity contribution in [3.63, 3.8) is 0 Å². The molecule has 6 nitrogen and oxygen atoms in total. The molecule has 2 amide bonds. The maximum Gasteiger partial charge on any atom is 0.321 e. The zero-order valence-electron chi connectivity index (χ0n) is 12.5. The summed E-state index contributed by atoms with van der Waals surface area (Å²) >= 11 is 1.22. The number of carbonyl (C=O) groups excluding carboxylic acids is 1. The second-order valence-corrected chi connectivity index (χ2v) is 6.05. The number of carboxylic acids is 1. The van der Waals surface area contributed by atoms with Crippen LogP contribution in [0.15, 0.2) is 24.4 Å². The fraction of sp³-hybridized carbons (Fsp3) is 0.267. The molecular weight excluding hydrogens is 340 g/mol. The molecule has 0 saturated carbocycles. The van der Waals surface area contributed by atoms with Gasteiger partial charge in [-0.05, 0) is 24.1 Å². The van der Waals surface area contributed by atoms with E-state index in [4.69, 9.17) is 5.11 Å². The van der Waals surface area contributed by atoms with Crippen molar-refractivity contribution in [1.29, 1.82) is 0 Å². The number of aliphatic carboxylic acids is 1. The number of anilines is 1. The fourth-order valence-electron chi connectivity index (χ4n) is 1.88. The van der Waals surface area contributed by atoms with Crippen molar-refractivity contribution in [1.82, 2.24) is 10.3 Å². The Kier molecular flexibility index (Phi) is 6.19. The van der Waals surface area contributed by atoms with Gasteiger partial charge in [-0.2, -0.15) is 0 Å². The minimum atomic E-state index is -0.918. The number of hydrogen-bond acceptors (Lipinski definition) is 4. The molecule has 0 aliphatic heterocycles. The first-order valence-electron chi connectivity index (χ1n) is 7.09. The molecule has 0 aliphatic rings. The van der Waals surface area contributed by atoms with Gasteiger partial charge in [0.05, 0.1) is 0 Å². The number of thiazole rings is 1. The molecule has 0 unspecified atom stereocenters. The van der Waals surface area contributed by atoms with Crippen molar-refractivity contribution in [3.8, 4) is 0 Å². The summed E-state index contributed by atoms with van der Waals surface area (Å²) in [6, 6.07) is 3.20. The van der Waals surface area contributed by atoms with Crippen LogP contribution in [-0.4, -0.2) is 28.6 Å². The highest BCUT2D eigenvalue weighted by molar-refractivity contribution is 7.15. The van der Waals surface area contributed by atoms with Crippen molar-refractivity contribution >= 4 is 28.5 Å². The van der Waals surface area contributed by atoms with Crippen molar-refractivity contribution in [2.45, 2.75) is 19.3 Å². The Bertz CT molecular complexity index is 737. The summed E-state index contributed by atoms with van der Waals surface area (Å²) in [6.45, 7) is 0.241. The zero-order chi connectivity index (χ0) is 17.5. The van der Waals surface area contributed by atoms with Crippen molar-refractivity contribution < 1.29 is 23.5 Å². The van der Waals surface area contributed by atoms with E-state index in [-0.39, 0.29) is 13.0 Å². The molecule has 0 fully saturated rings. The molecule has 3 N–H and O–H groups in total. The van der Waals surface area contributed by atoms with Gasteiger partial charge in [-0.3, -0.25) is 10.1 Å². The lowest BCUT2D eigenvalue weighted by atomic mass is 10.1. The number of nitrogens with zero attached hydrogens (tertiary/aromatic N) is 1. The van der Waals surface area contributed by atoms with E-state index in [1.54, 1.807) is 6.20 Å². The first-order valence-corrected chi connectivity index (χ1v) is 7.91. The van der Waals surface area contributed by atoms with Crippen LogP contribution in [0.5, 0.6) is 0 Å².